The van der Waals surface area contributed by atoms with Crippen LogP contribution in [-0.4, -0.2) is 79.4 Å². The lowest BCUT2D eigenvalue weighted by molar-refractivity contribution is 0.173. The maximum Gasteiger partial charge on any atom is 0.142 e. The molecule has 0 amide bonds. The second-order valence-corrected chi connectivity index (χ2v) is 13.9. The summed E-state index contributed by atoms with van der Waals surface area (Å²) in [7, 11) is 4.14. The number of likely N-dealkylation sites (tertiary alicyclic amines) is 1. The molecule has 3 aromatic carbocycles. The summed E-state index contributed by atoms with van der Waals surface area (Å²) in [5.41, 5.74) is 7.74. The van der Waals surface area contributed by atoms with Gasteiger partial charge in [0, 0.05) is 55.8 Å². The van der Waals surface area contributed by atoms with Crippen LogP contribution in [0, 0.1) is 25.2 Å². The van der Waals surface area contributed by atoms with Gasteiger partial charge in [-0.1, -0.05) is 41.9 Å². The van der Waals surface area contributed by atoms with Crippen molar-refractivity contribution < 1.29 is 19.3 Å². The number of nitriles is 1. The Morgan fingerprint density at radius 2 is 1.73 bits per heavy atom. The molecule has 0 saturated carbocycles. The minimum atomic E-state index is -0.197. The molecule has 51 heavy (non-hydrogen) atoms. The van der Waals surface area contributed by atoms with Crippen molar-refractivity contribution in [2.24, 2.45) is 0 Å². The van der Waals surface area contributed by atoms with E-state index in [4.69, 9.17) is 25.8 Å². The molecule has 1 atom stereocenters. The number of aromatic nitrogens is 1. The SMILES string of the molecule is Cc1c(COc2cc(OCc3cncc(C#N)c3)c(CNCCCN(C)C)cc2Cl)cccc1-c1cccc(OCCCN2CC[C@@H](O)C2)c1C. The molecule has 270 valence electrons. The van der Waals surface area contributed by atoms with Crippen LogP contribution in [0.3, 0.4) is 0 Å². The van der Waals surface area contributed by atoms with Crippen LogP contribution >= 0.6 is 11.6 Å². The van der Waals surface area contributed by atoms with E-state index in [2.05, 4.69) is 78.4 Å². The van der Waals surface area contributed by atoms with E-state index in [9.17, 15) is 10.4 Å². The van der Waals surface area contributed by atoms with Crippen LogP contribution in [-0.2, 0) is 19.8 Å². The molecule has 2 heterocycles. The van der Waals surface area contributed by atoms with Crippen LogP contribution < -0.4 is 19.5 Å². The minimum Gasteiger partial charge on any atom is -0.493 e. The van der Waals surface area contributed by atoms with Crippen LogP contribution in [0.4, 0.5) is 0 Å². The lowest BCUT2D eigenvalue weighted by atomic mass is 9.93. The number of rotatable bonds is 18. The molecule has 4 aromatic rings. The topological polar surface area (TPSA) is 103 Å². The second kappa shape index (κ2) is 18.9. The summed E-state index contributed by atoms with van der Waals surface area (Å²) in [5, 5.41) is 23.1. The van der Waals surface area contributed by atoms with Gasteiger partial charge in [-0.2, -0.15) is 5.26 Å². The number of hydrogen-bond donors (Lipinski definition) is 2. The number of β-amino-alcohol motifs (C(OH)–C–C–N with tert-alkyl or cyclic N) is 1. The summed E-state index contributed by atoms with van der Waals surface area (Å²) in [6.07, 6.45) is 5.83. The Bertz CT molecular complexity index is 1790. The van der Waals surface area contributed by atoms with Gasteiger partial charge in [-0.05, 0) is 106 Å². The van der Waals surface area contributed by atoms with E-state index >= 15 is 0 Å². The van der Waals surface area contributed by atoms with Crippen molar-refractivity contribution in [2.45, 2.75) is 59.0 Å². The zero-order valence-corrected chi connectivity index (χ0v) is 31.0. The molecule has 2 N–H and O–H groups in total. The Kier molecular flexibility index (Phi) is 14.1. The van der Waals surface area contributed by atoms with E-state index in [0.717, 1.165) is 96.7 Å². The molecule has 0 unspecified atom stereocenters. The first-order chi connectivity index (χ1) is 24.7. The molecule has 0 radical (unpaired) electrons. The Balaban J connectivity index is 1.27. The largest absolute Gasteiger partial charge is 0.493 e. The molecule has 0 bridgehead atoms. The monoisotopic (exact) mass is 711 g/mol. The van der Waals surface area contributed by atoms with Crippen LogP contribution in [0.5, 0.6) is 17.2 Å². The number of ether oxygens (including phenoxy) is 3. The third-order valence-electron chi connectivity index (χ3n) is 9.23. The van der Waals surface area contributed by atoms with Crippen molar-refractivity contribution in [3.63, 3.8) is 0 Å². The van der Waals surface area contributed by atoms with Gasteiger partial charge in [-0.25, -0.2) is 0 Å². The van der Waals surface area contributed by atoms with Gasteiger partial charge in [0.25, 0.3) is 0 Å². The van der Waals surface area contributed by atoms with Gasteiger partial charge in [-0.15, -0.1) is 0 Å². The van der Waals surface area contributed by atoms with Crippen molar-refractivity contribution >= 4 is 11.6 Å². The number of halogens is 1. The fourth-order valence-corrected chi connectivity index (χ4v) is 6.57. The van der Waals surface area contributed by atoms with Gasteiger partial charge in [0.05, 0.1) is 23.3 Å². The lowest BCUT2D eigenvalue weighted by Crippen LogP contribution is -2.24. The van der Waals surface area contributed by atoms with E-state index in [-0.39, 0.29) is 12.7 Å². The van der Waals surface area contributed by atoms with Crippen molar-refractivity contribution in [1.29, 1.82) is 5.26 Å². The Morgan fingerprint density at radius 1 is 0.941 bits per heavy atom. The number of nitrogens with zero attached hydrogens (tertiary/aromatic N) is 4. The molecule has 1 fully saturated rings. The average Bonchev–Trinajstić information content (AvgIpc) is 3.54. The van der Waals surface area contributed by atoms with E-state index in [1.807, 2.05) is 24.3 Å². The summed E-state index contributed by atoms with van der Waals surface area (Å²) >= 11 is 6.82. The quantitative estimate of drug-likeness (QED) is 0.106. The number of aliphatic hydroxyl groups excluding tert-OH is 1. The molecular formula is C41H50ClN5O4. The Labute approximate surface area is 307 Å². The first-order valence-corrected chi connectivity index (χ1v) is 18.1. The van der Waals surface area contributed by atoms with Crippen LogP contribution in [0.15, 0.2) is 67.0 Å². The first-order valence-electron chi connectivity index (χ1n) is 17.7. The van der Waals surface area contributed by atoms with E-state index in [1.165, 1.54) is 6.20 Å². The zero-order chi connectivity index (χ0) is 36.2. The summed E-state index contributed by atoms with van der Waals surface area (Å²) in [6, 6.07) is 20.2. The number of hydrogen-bond acceptors (Lipinski definition) is 9. The average molecular weight is 712 g/mol. The van der Waals surface area contributed by atoms with Crippen molar-refractivity contribution in [3.8, 4) is 34.4 Å². The van der Waals surface area contributed by atoms with E-state index < -0.39 is 0 Å². The van der Waals surface area contributed by atoms with E-state index in [0.29, 0.717) is 41.8 Å². The molecule has 1 aliphatic heterocycles. The predicted molar refractivity (Wildman–Crippen MR) is 202 cm³/mol. The zero-order valence-electron chi connectivity index (χ0n) is 30.3. The number of benzene rings is 3. The summed E-state index contributed by atoms with van der Waals surface area (Å²) in [5.74, 6) is 2.08. The predicted octanol–water partition coefficient (Wildman–Crippen LogP) is 6.93. The van der Waals surface area contributed by atoms with E-state index in [1.54, 1.807) is 12.3 Å². The highest BCUT2D eigenvalue weighted by Crippen LogP contribution is 2.36. The highest BCUT2D eigenvalue weighted by atomic mass is 35.5. The van der Waals surface area contributed by atoms with Crippen molar-refractivity contribution in [2.75, 3.05) is 53.4 Å². The number of aliphatic hydroxyl groups is 1. The molecular weight excluding hydrogens is 662 g/mol. The Morgan fingerprint density at radius 3 is 2.49 bits per heavy atom. The highest BCUT2D eigenvalue weighted by molar-refractivity contribution is 6.32. The number of nitrogens with one attached hydrogen (secondary N) is 1. The minimum absolute atomic E-state index is 0.197. The van der Waals surface area contributed by atoms with Gasteiger partial charge in [0.2, 0.25) is 0 Å². The third-order valence-corrected chi connectivity index (χ3v) is 9.53. The number of pyridine rings is 1. The first kappa shape index (κ1) is 38.1. The molecule has 0 spiro atoms. The van der Waals surface area contributed by atoms with Crippen LogP contribution in [0.1, 0.15) is 52.6 Å². The molecule has 0 aliphatic carbocycles. The second-order valence-electron chi connectivity index (χ2n) is 13.5. The maximum absolute atomic E-state index is 9.79. The van der Waals surface area contributed by atoms with Crippen molar-refractivity contribution in [3.05, 3.63) is 105 Å². The Hall–Kier alpha value is -4.17. The van der Waals surface area contributed by atoms with Gasteiger partial charge < -0.3 is 34.4 Å². The maximum atomic E-state index is 9.79. The lowest BCUT2D eigenvalue weighted by Gasteiger charge is -2.19. The van der Waals surface area contributed by atoms with Crippen LogP contribution in [0.2, 0.25) is 5.02 Å². The summed E-state index contributed by atoms with van der Waals surface area (Å²) in [4.78, 5) is 8.63. The standard InChI is InChI=1S/C41H50ClN5O4/c1-29-33(9-5-10-36(29)37-11-6-12-39(30(37)2)49-18-8-16-47-17-13-35(48)26-47)28-51-41-21-40(50-27-32-19-31(22-43)23-45-24-32)34(20-38(41)42)25-44-14-7-15-46(3)4/h5-6,9-12,19-21,23-24,35,44,48H,7-8,13-18,25-28H2,1-4H3/t35-/m1/s1. The molecule has 10 heteroatoms. The molecule has 1 aliphatic rings. The summed E-state index contributed by atoms with van der Waals surface area (Å²) in [6.45, 7) is 10.5. The van der Waals surface area contributed by atoms with Gasteiger partial charge in [0.1, 0.15) is 36.5 Å². The molecule has 5 rings (SSSR count). The van der Waals surface area contributed by atoms with Gasteiger partial charge >= 0.3 is 0 Å². The normalized spacial score (nSPS) is 14.5. The molecule has 9 nitrogen and oxygen atoms in total. The molecule has 1 aromatic heterocycles. The summed E-state index contributed by atoms with van der Waals surface area (Å²) < 4.78 is 18.9. The van der Waals surface area contributed by atoms with Crippen LogP contribution in [0.25, 0.3) is 11.1 Å². The van der Waals surface area contributed by atoms with Crippen molar-refractivity contribution in [1.82, 2.24) is 20.1 Å². The fraction of sp³-hybridized carbons (Fsp3) is 0.415. The molecule has 1 saturated heterocycles. The smallest absolute Gasteiger partial charge is 0.142 e. The highest BCUT2D eigenvalue weighted by Gasteiger charge is 2.20. The fourth-order valence-electron chi connectivity index (χ4n) is 6.33. The van der Waals surface area contributed by atoms with Gasteiger partial charge in [-0.3, -0.25) is 4.98 Å². The van der Waals surface area contributed by atoms with Gasteiger partial charge in [0.15, 0.2) is 0 Å². The third kappa shape index (κ3) is 10.9.